The highest BCUT2D eigenvalue weighted by Crippen LogP contribution is 2.20. The van der Waals surface area contributed by atoms with Gasteiger partial charge in [0.2, 0.25) is 0 Å². The number of halogens is 2. The fourth-order valence-electron chi connectivity index (χ4n) is 1.21. The second-order valence-electron chi connectivity index (χ2n) is 3.20. The van der Waals surface area contributed by atoms with Crippen molar-refractivity contribution in [3.05, 3.63) is 20.8 Å². The van der Waals surface area contributed by atoms with E-state index in [9.17, 15) is 4.79 Å². The maximum Gasteiger partial charge on any atom is 0.252 e. The molecule has 0 saturated carbocycles. The average molecular weight is 355 g/mol. The Kier molecular flexibility index (Phi) is 5.86. The SMILES string of the molecule is CCC(CCBr)NC(=O)c1csc(Br)c1. The lowest BCUT2D eigenvalue weighted by molar-refractivity contribution is 0.0935. The molecule has 1 aromatic heterocycles. The number of rotatable bonds is 5. The van der Waals surface area contributed by atoms with Crippen LogP contribution in [0.1, 0.15) is 30.1 Å². The van der Waals surface area contributed by atoms with Gasteiger partial charge in [0, 0.05) is 16.8 Å². The minimum absolute atomic E-state index is 0.0183. The van der Waals surface area contributed by atoms with Gasteiger partial charge >= 0.3 is 0 Å². The summed E-state index contributed by atoms with van der Waals surface area (Å²) in [6.07, 6.45) is 1.93. The van der Waals surface area contributed by atoms with E-state index in [1.807, 2.05) is 11.4 Å². The minimum atomic E-state index is 0.0183. The molecule has 0 radical (unpaired) electrons. The standard InChI is InChI=1S/C10H13Br2NOS/c1-2-8(3-4-11)13-10(14)7-5-9(12)15-6-7/h5-6,8H,2-4H2,1H3,(H,13,14). The van der Waals surface area contributed by atoms with E-state index in [4.69, 9.17) is 0 Å². The fourth-order valence-corrected chi connectivity index (χ4v) is 2.90. The number of hydrogen-bond donors (Lipinski definition) is 1. The van der Waals surface area contributed by atoms with Gasteiger partial charge in [0.05, 0.1) is 9.35 Å². The van der Waals surface area contributed by atoms with E-state index in [-0.39, 0.29) is 11.9 Å². The first-order chi connectivity index (χ1) is 7.17. The molecular formula is C10H13Br2NOS. The van der Waals surface area contributed by atoms with Crippen LogP contribution in [-0.4, -0.2) is 17.3 Å². The molecule has 0 aliphatic rings. The smallest absolute Gasteiger partial charge is 0.252 e. The van der Waals surface area contributed by atoms with E-state index < -0.39 is 0 Å². The van der Waals surface area contributed by atoms with Gasteiger partial charge in [-0.3, -0.25) is 4.79 Å². The molecule has 0 aliphatic carbocycles. The molecule has 2 nitrogen and oxygen atoms in total. The maximum atomic E-state index is 11.8. The van der Waals surface area contributed by atoms with Crippen molar-refractivity contribution in [3.8, 4) is 0 Å². The number of carbonyl (C=O) groups is 1. The lowest BCUT2D eigenvalue weighted by Crippen LogP contribution is -2.34. The van der Waals surface area contributed by atoms with E-state index in [0.29, 0.717) is 0 Å². The molecule has 1 atom stereocenters. The Hall–Kier alpha value is 0.130. The lowest BCUT2D eigenvalue weighted by atomic mass is 10.1. The first kappa shape index (κ1) is 13.2. The van der Waals surface area contributed by atoms with Crippen LogP contribution in [0.3, 0.4) is 0 Å². The fraction of sp³-hybridized carbons (Fsp3) is 0.500. The zero-order chi connectivity index (χ0) is 11.3. The van der Waals surface area contributed by atoms with Crippen molar-refractivity contribution >= 4 is 49.1 Å². The average Bonchev–Trinajstić information content (AvgIpc) is 2.64. The van der Waals surface area contributed by atoms with Crippen LogP contribution in [0.4, 0.5) is 0 Å². The maximum absolute atomic E-state index is 11.8. The predicted molar refractivity (Wildman–Crippen MR) is 72.0 cm³/mol. The van der Waals surface area contributed by atoms with Gasteiger partial charge in [-0.05, 0) is 34.8 Å². The Labute approximate surface area is 111 Å². The van der Waals surface area contributed by atoms with Crippen LogP contribution in [0.2, 0.25) is 0 Å². The molecule has 1 rings (SSSR count). The zero-order valence-electron chi connectivity index (χ0n) is 8.43. The molecule has 0 bridgehead atoms. The molecule has 0 aliphatic heterocycles. The number of alkyl halides is 1. The van der Waals surface area contributed by atoms with Gasteiger partial charge in [0.1, 0.15) is 0 Å². The highest BCUT2D eigenvalue weighted by Gasteiger charge is 2.12. The third-order valence-corrected chi connectivity index (χ3v) is 4.08. The topological polar surface area (TPSA) is 29.1 Å². The second kappa shape index (κ2) is 6.66. The largest absolute Gasteiger partial charge is 0.349 e. The third kappa shape index (κ3) is 4.25. The zero-order valence-corrected chi connectivity index (χ0v) is 12.4. The van der Waals surface area contributed by atoms with E-state index in [1.165, 1.54) is 11.3 Å². The normalized spacial score (nSPS) is 12.5. The molecular weight excluding hydrogens is 342 g/mol. The Balaban J connectivity index is 2.54. The number of nitrogens with one attached hydrogen (secondary N) is 1. The monoisotopic (exact) mass is 353 g/mol. The third-order valence-electron chi connectivity index (χ3n) is 2.12. The lowest BCUT2D eigenvalue weighted by Gasteiger charge is -2.14. The molecule has 15 heavy (non-hydrogen) atoms. The molecule has 84 valence electrons. The molecule has 0 aromatic carbocycles. The number of carbonyl (C=O) groups excluding carboxylic acids is 1. The summed E-state index contributed by atoms with van der Waals surface area (Å²) in [5, 5.41) is 5.79. The van der Waals surface area contributed by atoms with Crippen molar-refractivity contribution in [2.24, 2.45) is 0 Å². The van der Waals surface area contributed by atoms with Crippen LogP contribution in [0.5, 0.6) is 0 Å². The minimum Gasteiger partial charge on any atom is -0.349 e. The van der Waals surface area contributed by atoms with Crippen molar-refractivity contribution in [1.29, 1.82) is 0 Å². The molecule has 0 fully saturated rings. The van der Waals surface area contributed by atoms with Crippen LogP contribution >= 0.6 is 43.2 Å². The van der Waals surface area contributed by atoms with Crippen molar-refractivity contribution in [2.45, 2.75) is 25.8 Å². The van der Waals surface area contributed by atoms with Crippen molar-refractivity contribution in [3.63, 3.8) is 0 Å². The van der Waals surface area contributed by atoms with Gasteiger partial charge < -0.3 is 5.32 Å². The highest BCUT2D eigenvalue weighted by atomic mass is 79.9. The van der Waals surface area contributed by atoms with Crippen LogP contribution in [0.15, 0.2) is 15.2 Å². The van der Waals surface area contributed by atoms with Crippen molar-refractivity contribution < 1.29 is 4.79 Å². The summed E-state index contributed by atoms with van der Waals surface area (Å²) in [7, 11) is 0. The number of amides is 1. The molecule has 1 heterocycles. The highest BCUT2D eigenvalue weighted by molar-refractivity contribution is 9.11. The Bertz CT molecular complexity index is 327. The van der Waals surface area contributed by atoms with Crippen molar-refractivity contribution in [2.75, 3.05) is 5.33 Å². The number of hydrogen-bond acceptors (Lipinski definition) is 2. The van der Waals surface area contributed by atoms with Gasteiger partial charge in [-0.25, -0.2) is 0 Å². The van der Waals surface area contributed by atoms with Gasteiger partial charge in [-0.15, -0.1) is 11.3 Å². The molecule has 0 spiro atoms. The summed E-state index contributed by atoms with van der Waals surface area (Å²) in [5.74, 6) is 0.0183. The van der Waals surface area contributed by atoms with E-state index >= 15 is 0 Å². The molecule has 5 heteroatoms. The Morgan fingerprint density at radius 3 is 2.87 bits per heavy atom. The summed E-state index contributed by atoms with van der Waals surface area (Å²) in [6, 6.07) is 2.11. The van der Waals surface area contributed by atoms with Crippen LogP contribution in [0.25, 0.3) is 0 Å². The molecule has 1 N–H and O–H groups in total. The summed E-state index contributed by atoms with van der Waals surface area (Å²) in [6.45, 7) is 2.08. The van der Waals surface area contributed by atoms with Crippen LogP contribution < -0.4 is 5.32 Å². The van der Waals surface area contributed by atoms with E-state index in [1.54, 1.807) is 0 Å². The summed E-state index contributed by atoms with van der Waals surface area (Å²) in [5.41, 5.74) is 0.736. The number of thiophene rings is 1. The Morgan fingerprint density at radius 2 is 2.40 bits per heavy atom. The van der Waals surface area contributed by atoms with E-state index in [0.717, 1.165) is 27.5 Å². The summed E-state index contributed by atoms with van der Waals surface area (Å²) in [4.78, 5) is 11.8. The first-order valence-corrected chi connectivity index (χ1v) is 7.57. The molecule has 1 amide bonds. The van der Waals surface area contributed by atoms with Crippen LogP contribution in [0, 0.1) is 0 Å². The van der Waals surface area contributed by atoms with Gasteiger partial charge in [0.15, 0.2) is 0 Å². The predicted octanol–water partition coefficient (Wildman–Crippen LogP) is 3.80. The van der Waals surface area contributed by atoms with Crippen LogP contribution in [-0.2, 0) is 0 Å². The van der Waals surface area contributed by atoms with Crippen molar-refractivity contribution in [1.82, 2.24) is 5.32 Å². The quantitative estimate of drug-likeness (QED) is 0.800. The summed E-state index contributed by atoms with van der Waals surface area (Å²) >= 11 is 8.26. The van der Waals surface area contributed by atoms with Gasteiger partial charge in [0.25, 0.3) is 5.91 Å². The second-order valence-corrected chi connectivity index (χ2v) is 6.28. The van der Waals surface area contributed by atoms with E-state index in [2.05, 4.69) is 44.1 Å². The molecule has 0 saturated heterocycles. The Morgan fingerprint density at radius 1 is 1.67 bits per heavy atom. The first-order valence-electron chi connectivity index (χ1n) is 4.78. The summed E-state index contributed by atoms with van der Waals surface area (Å²) < 4.78 is 0.987. The van der Waals surface area contributed by atoms with Gasteiger partial charge in [-0.1, -0.05) is 22.9 Å². The molecule has 1 aromatic rings. The van der Waals surface area contributed by atoms with Gasteiger partial charge in [-0.2, -0.15) is 0 Å². The molecule has 1 unspecified atom stereocenters.